The average Bonchev–Trinajstić information content (AvgIpc) is 3.18. The molecule has 5 nitrogen and oxygen atoms in total. The zero-order chi connectivity index (χ0) is 15.9. The fraction of sp³-hybridized carbons (Fsp3) is 0.500. The van der Waals surface area contributed by atoms with Crippen LogP contribution in [0.3, 0.4) is 0 Å². The van der Waals surface area contributed by atoms with E-state index >= 15 is 0 Å². The molecule has 0 radical (unpaired) electrons. The first kappa shape index (κ1) is 16.2. The van der Waals surface area contributed by atoms with E-state index in [4.69, 9.17) is 4.52 Å². The topological polar surface area (TPSA) is 63.4 Å². The molecule has 3 rings (SSSR count). The van der Waals surface area contributed by atoms with Crippen molar-refractivity contribution in [2.75, 3.05) is 6.54 Å². The van der Waals surface area contributed by atoms with Crippen molar-refractivity contribution in [3.05, 3.63) is 33.4 Å². The molecule has 0 N–H and O–H groups in total. The summed E-state index contributed by atoms with van der Waals surface area (Å²) in [7, 11) is -3.49. The highest BCUT2D eigenvalue weighted by Gasteiger charge is 2.38. The minimum absolute atomic E-state index is 0.234. The number of rotatable bonds is 4. The van der Waals surface area contributed by atoms with Crippen LogP contribution >= 0.6 is 27.3 Å². The molecule has 0 aliphatic carbocycles. The molecule has 1 aliphatic heterocycles. The Morgan fingerprint density at radius 3 is 2.82 bits per heavy atom. The first-order chi connectivity index (χ1) is 10.4. The van der Waals surface area contributed by atoms with E-state index in [0.717, 1.165) is 22.4 Å². The van der Waals surface area contributed by atoms with Gasteiger partial charge in [-0.2, -0.15) is 4.31 Å². The number of aromatic nitrogens is 1. The minimum atomic E-state index is -3.49. The van der Waals surface area contributed by atoms with Crippen molar-refractivity contribution in [2.24, 2.45) is 0 Å². The van der Waals surface area contributed by atoms with Crippen molar-refractivity contribution >= 4 is 37.3 Å². The molecule has 0 unspecified atom stereocenters. The van der Waals surface area contributed by atoms with Crippen molar-refractivity contribution in [1.82, 2.24) is 9.46 Å². The van der Waals surface area contributed by atoms with E-state index in [9.17, 15) is 8.42 Å². The molecule has 1 atom stereocenters. The number of sulfonamides is 1. The zero-order valence-corrected chi connectivity index (χ0v) is 15.5. The monoisotopic (exact) mass is 404 g/mol. The van der Waals surface area contributed by atoms with Gasteiger partial charge in [0, 0.05) is 18.5 Å². The van der Waals surface area contributed by atoms with Crippen LogP contribution in [-0.4, -0.2) is 24.4 Å². The van der Waals surface area contributed by atoms with Crippen molar-refractivity contribution in [3.8, 4) is 0 Å². The normalized spacial score (nSPS) is 20.1. The number of hydrogen-bond acceptors (Lipinski definition) is 5. The van der Waals surface area contributed by atoms with E-state index in [-0.39, 0.29) is 12.0 Å². The predicted molar refractivity (Wildman–Crippen MR) is 88.5 cm³/mol. The van der Waals surface area contributed by atoms with Crippen LogP contribution in [0.4, 0.5) is 0 Å². The van der Waals surface area contributed by atoms with Gasteiger partial charge in [-0.25, -0.2) is 8.42 Å². The Kier molecular flexibility index (Phi) is 4.46. The summed E-state index contributed by atoms with van der Waals surface area (Å²) in [5.74, 6) is 1.03. The molecular formula is C14H17BrN2O3S2. The highest BCUT2D eigenvalue weighted by atomic mass is 79.9. The highest BCUT2D eigenvalue weighted by Crippen LogP contribution is 2.39. The molecule has 1 saturated heterocycles. The summed E-state index contributed by atoms with van der Waals surface area (Å²) in [5, 5.41) is 4.10. The summed E-state index contributed by atoms with van der Waals surface area (Å²) >= 11 is 4.55. The van der Waals surface area contributed by atoms with Crippen LogP contribution in [0.25, 0.3) is 0 Å². The highest BCUT2D eigenvalue weighted by molar-refractivity contribution is 9.11. The van der Waals surface area contributed by atoms with Crippen LogP contribution < -0.4 is 0 Å². The lowest BCUT2D eigenvalue weighted by atomic mass is 10.1. The Bertz CT molecular complexity index is 767. The quantitative estimate of drug-likeness (QED) is 0.767. The maximum absolute atomic E-state index is 12.8. The Labute approximate surface area is 142 Å². The van der Waals surface area contributed by atoms with E-state index in [2.05, 4.69) is 21.1 Å². The number of thiophene rings is 1. The van der Waals surface area contributed by atoms with Crippen LogP contribution in [0.15, 0.2) is 30.7 Å². The number of hydrogen-bond donors (Lipinski definition) is 0. The van der Waals surface area contributed by atoms with Gasteiger partial charge in [-0.15, -0.1) is 11.3 Å². The van der Waals surface area contributed by atoms with Crippen molar-refractivity contribution in [2.45, 2.75) is 42.9 Å². The molecule has 8 heteroatoms. The Morgan fingerprint density at radius 1 is 1.45 bits per heavy atom. The maximum atomic E-state index is 12.8. The molecular weight excluding hydrogens is 388 g/mol. The molecule has 120 valence electrons. The molecule has 1 aliphatic rings. The lowest BCUT2D eigenvalue weighted by molar-refractivity contribution is 0.338. The fourth-order valence-corrected chi connectivity index (χ4v) is 6.42. The smallest absolute Gasteiger partial charge is 0.253 e. The molecule has 3 heterocycles. The van der Waals surface area contributed by atoms with Gasteiger partial charge in [-0.3, -0.25) is 0 Å². The maximum Gasteiger partial charge on any atom is 0.253 e. The molecule has 0 aromatic carbocycles. The van der Waals surface area contributed by atoms with E-state index in [1.54, 1.807) is 16.4 Å². The summed E-state index contributed by atoms with van der Waals surface area (Å²) in [5.41, 5.74) is 0.709. The summed E-state index contributed by atoms with van der Waals surface area (Å²) in [6.07, 6.45) is 1.61. The van der Waals surface area contributed by atoms with Gasteiger partial charge in [-0.05, 0) is 40.9 Å². The average molecular weight is 405 g/mol. The van der Waals surface area contributed by atoms with Gasteiger partial charge >= 0.3 is 0 Å². The van der Waals surface area contributed by atoms with Crippen LogP contribution in [0.2, 0.25) is 0 Å². The largest absolute Gasteiger partial charge is 0.361 e. The summed E-state index contributed by atoms with van der Waals surface area (Å²) in [6, 6.07) is 5.05. The SMILES string of the molecule is CC(C)c1cc([C@@H]2CCCN2S(=O)(=O)c2ccc(Br)s2)no1. The molecule has 22 heavy (non-hydrogen) atoms. The third kappa shape index (κ3) is 2.89. The van der Waals surface area contributed by atoms with E-state index in [0.29, 0.717) is 16.4 Å². The number of halogens is 1. The van der Waals surface area contributed by atoms with E-state index < -0.39 is 10.0 Å². The fourth-order valence-electron chi connectivity index (χ4n) is 2.61. The van der Waals surface area contributed by atoms with Crippen molar-refractivity contribution in [3.63, 3.8) is 0 Å². The molecule has 1 fully saturated rings. The summed E-state index contributed by atoms with van der Waals surface area (Å²) in [4.78, 5) is 0. The third-order valence-corrected chi connectivity index (χ3v) is 7.77. The standard InChI is InChI=1S/C14H17BrN2O3S2/c1-9(2)12-8-10(16-20-12)11-4-3-7-17(11)22(18,19)14-6-5-13(15)21-14/h5-6,8-9,11H,3-4,7H2,1-2H3/t11-/m0/s1. The first-order valence-corrected chi connectivity index (χ1v) is 10.2. The Balaban J connectivity index is 1.92. The van der Waals surface area contributed by atoms with E-state index in [1.165, 1.54) is 11.3 Å². The second-order valence-electron chi connectivity index (χ2n) is 5.64. The van der Waals surface area contributed by atoms with E-state index in [1.807, 2.05) is 19.9 Å². The van der Waals surface area contributed by atoms with Crippen LogP contribution in [0.5, 0.6) is 0 Å². The van der Waals surface area contributed by atoms with Gasteiger partial charge in [0.05, 0.1) is 9.83 Å². The molecule has 0 amide bonds. The number of nitrogens with zero attached hydrogens (tertiary/aromatic N) is 2. The summed E-state index contributed by atoms with van der Waals surface area (Å²) in [6.45, 7) is 4.57. The molecule has 0 saturated carbocycles. The van der Waals surface area contributed by atoms with Crippen molar-refractivity contribution in [1.29, 1.82) is 0 Å². The lowest BCUT2D eigenvalue weighted by Crippen LogP contribution is -2.30. The lowest BCUT2D eigenvalue weighted by Gasteiger charge is -2.21. The Morgan fingerprint density at radius 2 is 2.23 bits per heavy atom. The predicted octanol–water partition coefficient (Wildman–Crippen LogP) is 4.15. The van der Waals surface area contributed by atoms with Crippen molar-refractivity contribution < 1.29 is 12.9 Å². The van der Waals surface area contributed by atoms with Gasteiger partial charge in [0.25, 0.3) is 10.0 Å². The molecule has 0 spiro atoms. The first-order valence-electron chi connectivity index (χ1n) is 7.13. The van der Waals surface area contributed by atoms with Crippen LogP contribution in [0, 0.1) is 0 Å². The van der Waals surface area contributed by atoms with Gasteiger partial charge < -0.3 is 4.52 Å². The summed E-state index contributed by atoms with van der Waals surface area (Å²) < 4.78 is 33.7. The van der Waals surface area contributed by atoms with Gasteiger partial charge in [-0.1, -0.05) is 19.0 Å². The molecule has 2 aromatic heterocycles. The van der Waals surface area contributed by atoms with Crippen LogP contribution in [-0.2, 0) is 10.0 Å². The second kappa shape index (κ2) is 6.07. The van der Waals surface area contributed by atoms with Gasteiger partial charge in [0.2, 0.25) is 0 Å². The van der Waals surface area contributed by atoms with Gasteiger partial charge in [0.1, 0.15) is 15.7 Å². The molecule has 2 aromatic rings. The van der Waals surface area contributed by atoms with Crippen LogP contribution in [0.1, 0.15) is 50.1 Å². The minimum Gasteiger partial charge on any atom is -0.361 e. The third-order valence-electron chi connectivity index (χ3n) is 3.77. The second-order valence-corrected chi connectivity index (χ2v) is 10.2. The molecule has 0 bridgehead atoms. The van der Waals surface area contributed by atoms with Gasteiger partial charge in [0.15, 0.2) is 0 Å². The zero-order valence-electron chi connectivity index (χ0n) is 12.3. The Hall–Kier alpha value is -0.700.